The van der Waals surface area contributed by atoms with Crippen LogP contribution in [0.4, 0.5) is 0 Å². The molecule has 0 bridgehead atoms. The Balaban J connectivity index is 2.91. The topological polar surface area (TPSA) is 65.2 Å². The van der Waals surface area contributed by atoms with Crippen molar-refractivity contribution in [3.63, 3.8) is 0 Å². The molecule has 0 unspecified atom stereocenters. The molecule has 0 saturated carbocycles. The normalized spacial score (nSPS) is 11.3. The number of hydrogen-bond acceptors (Lipinski definition) is 4. The van der Waals surface area contributed by atoms with Gasteiger partial charge in [0, 0.05) is 23.5 Å². The summed E-state index contributed by atoms with van der Waals surface area (Å²) in [5, 5.41) is 0.466. The maximum atomic E-state index is 11.1. The monoisotopic (exact) mass is 260 g/mol. The third-order valence-electron chi connectivity index (χ3n) is 1.69. The van der Waals surface area contributed by atoms with E-state index in [9.17, 15) is 4.79 Å². The lowest BCUT2D eigenvalue weighted by Gasteiger charge is -2.03. The number of esters is 1. The molecule has 4 nitrogen and oxygen atoms in total. The first-order chi connectivity index (χ1) is 7.54. The minimum absolute atomic E-state index is 0.189. The maximum absolute atomic E-state index is 11.1. The number of carbonyl (C=O) groups is 1. The van der Waals surface area contributed by atoms with Crippen molar-refractivity contribution in [1.82, 2.24) is 4.98 Å². The minimum atomic E-state index is -0.508. The number of ether oxygens (including phenoxy) is 1. The number of pyridine rings is 1. The Labute approximate surface area is 103 Å². The van der Waals surface area contributed by atoms with E-state index >= 15 is 0 Å². The van der Waals surface area contributed by atoms with E-state index in [0.717, 1.165) is 0 Å². The lowest BCUT2D eigenvalue weighted by Crippen LogP contribution is -2.05. The van der Waals surface area contributed by atoms with E-state index in [1.165, 1.54) is 18.3 Å². The fourth-order valence-electron chi connectivity index (χ4n) is 0.973. The van der Waals surface area contributed by atoms with Crippen LogP contribution in [0.1, 0.15) is 12.5 Å². The molecule has 1 heterocycles. The van der Waals surface area contributed by atoms with Crippen molar-refractivity contribution in [1.29, 1.82) is 0 Å². The largest absolute Gasteiger partial charge is 0.463 e. The quantitative estimate of drug-likeness (QED) is 0.515. The van der Waals surface area contributed by atoms with Gasteiger partial charge in [-0.2, -0.15) is 0 Å². The highest BCUT2D eigenvalue weighted by atomic mass is 35.5. The SMILES string of the molecule is CCOC(=O)C=C(N)c1cnc(Cl)c(Cl)c1. The summed E-state index contributed by atoms with van der Waals surface area (Å²) in [7, 11) is 0. The van der Waals surface area contributed by atoms with Crippen LogP contribution in [-0.4, -0.2) is 17.6 Å². The molecule has 0 amide bonds. The zero-order chi connectivity index (χ0) is 12.1. The van der Waals surface area contributed by atoms with Crippen LogP contribution in [-0.2, 0) is 9.53 Å². The highest BCUT2D eigenvalue weighted by Gasteiger charge is 2.05. The van der Waals surface area contributed by atoms with Crippen LogP contribution in [0.5, 0.6) is 0 Å². The molecule has 0 saturated heterocycles. The van der Waals surface area contributed by atoms with Crippen molar-refractivity contribution in [3.05, 3.63) is 34.1 Å². The third-order valence-corrected chi connectivity index (χ3v) is 2.38. The molecule has 1 aromatic rings. The van der Waals surface area contributed by atoms with Crippen LogP contribution >= 0.6 is 23.2 Å². The second kappa shape index (κ2) is 5.72. The van der Waals surface area contributed by atoms with E-state index in [4.69, 9.17) is 33.7 Å². The standard InChI is InChI=1S/C10H10Cl2N2O2/c1-2-16-9(15)4-8(13)6-3-7(11)10(12)14-5-6/h3-5H,2,13H2,1H3. The highest BCUT2D eigenvalue weighted by molar-refractivity contribution is 6.41. The van der Waals surface area contributed by atoms with Gasteiger partial charge in [-0.05, 0) is 13.0 Å². The first-order valence-corrected chi connectivity index (χ1v) is 5.25. The molecule has 2 N–H and O–H groups in total. The Bertz CT molecular complexity index is 433. The second-order valence-electron chi connectivity index (χ2n) is 2.85. The van der Waals surface area contributed by atoms with E-state index in [-0.39, 0.29) is 15.9 Å². The van der Waals surface area contributed by atoms with Crippen molar-refractivity contribution in [3.8, 4) is 0 Å². The third kappa shape index (κ3) is 3.40. The summed E-state index contributed by atoms with van der Waals surface area (Å²) >= 11 is 11.4. The van der Waals surface area contributed by atoms with Gasteiger partial charge in [-0.1, -0.05) is 23.2 Å². The van der Waals surface area contributed by atoms with Crippen LogP contribution in [0.3, 0.4) is 0 Å². The van der Waals surface area contributed by atoms with Gasteiger partial charge in [0.05, 0.1) is 11.6 Å². The molecule has 86 valence electrons. The Morgan fingerprint density at radius 2 is 2.31 bits per heavy atom. The van der Waals surface area contributed by atoms with Crippen LogP contribution < -0.4 is 5.73 Å². The molecular weight excluding hydrogens is 251 g/mol. The summed E-state index contributed by atoms with van der Waals surface area (Å²) in [6.07, 6.45) is 2.60. The van der Waals surface area contributed by atoms with Gasteiger partial charge in [-0.15, -0.1) is 0 Å². The minimum Gasteiger partial charge on any atom is -0.463 e. The zero-order valence-corrected chi connectivity index (χ0v) is 10.0. The first-order valence-electron chi connectivity index (χ1n) is 4.50. The van der Waals surface area contributed by atoms with Gasteiger partial charge in [0.2, 0.25) is 0 Å². The summed E-state index contributed by atoms with van der Waals surface area (Å²) in [6, 6.07) is 1.53. The van der Waals surface area contributed by atoms with E-state index in [1.807, 2.05) is 0 Å². The van der Waals surface area contributed by atoms with Gasteiger partial charge in [-0.25, -0.2) is 9.78 Å². The van der Waals surface area contributed by atoms with E-state index in [0.29, 0.717) is 12.2 Å². The Morgan fingerprint density at radius 1 is 1.62 bits per heavy atom. The average molecular weight is 261 g/mol. The van der Waals surface area contributed by atoms with E-state index in [1.54, 1.807) is 6.92 Å². The number of nitrogens with zero attached hydrogens (tertiary/aromatic N) is 1. The molecule has 6 heteroatoms. The Morgan fingerprint density at radius 3 is 2.88 bits per heavy atom. The Kier molecular flexibility index (Phi) is 4.58. The highest BCUT2D eigenvalue weighted by Crippen LogP contribution is 2.21. The predicted octanol–water partition coefficient (Wildman–Crippen LogP) is 2.25. The molecule has 16 heavy (non-hydrogen) atoms. The molecule has 0 aliphatic heterocycles. The fraction of sp³-hybridized carbons (Fsp3) is 0.200. The fourth-order valence-corrected chi connectivity index (χ4v) is 1.24. The number of aromatic nitrogens is 1. The molecule has 1 aromatic heterocycles. The number of nitrogens with two attached hydrogens (primary N) is 1. The first kappa shape index (κ1) is 12.8. The van der Waals surface area contributed by atoms with Gasteiger partial charge in [0.1, 0.15) is 5.15 Å². The van der Waals surface area contributed by atoms with Crippen molar-refractivity contribution in [2.45, 2.75) is 6.92 Å². The van der Waals surface area contributed by atoms with E-state index < -0.39 is 5.97 Å². The van der Waals surface area contributed by atoms with Gasteiger partial charge in [-0.3, -0.25) is 0 Å². The van der Waals surface area contributed by atoms with E-state index in [2.05, 4.69) is 4.98 Å². The summed E-state index contributed by atoms with van der Waals surface area (Å²) in [5.41, 5.74) is 6.41. The van der Waals surface area contributed by atoms with Gasteiger partial charge >= 0.3 is 5.97 Å². The van der Waals surface area contributed by atoms with Crippen molar-refractivity contribution in [2.24, 2.45) is 5.73 Å². The lowest BCUT2D eigenvalue weighted by molar-refractivity contribution is -0.137. The molecule has 0 radical (unpaired) electrons. The average Bonchev–Trinajstić information content (AvgIpc) is 2.22. The molecule has 0 aromatic carbocycles. The lowest BCUT2D eigenvalue weighted by atomic mass is 10.2. The molecule has 0 fully saturated rings. The summed E-state index contributed by atoms with van der Waals surface area (Å²) in [4.78, 5) is 14.9. The Hall–Kier alpha value is -1.26. The molecule has 1 rings (SSSR count). The van der Waals surface area contributed by atoms with Crippen molar-refractivity contribution in [2.75, 3.05) is 6.61 Å². The van der Waals surface area contributed by atoms with Gasteiger partial charge < -0.3 is 10.5 Å². The summed E-state index contributed by atoms with van der Waals surface area (Å²) in [5.74, 6) is -0.508. The number of rotatable bonds is 3. The number of carbonyl (C=O) groups excluding carboxylic acids is 1. The van der Waals surface area contributed by atoms with Crippen molar-refractivity contribution < 1.29 is 9.53 Å². The zero-order valence-electron chi connectivity index (χ0n) is 8.54. The summed E-state index contributed by atoms with van der Waals surface area (Å²) in [6.45, 7) is 2.00. The van der Waals surface area contributed by atoms with Crippen molar-refractivity contribution >= 4 is 34.9 Å². The molecule has 0 spiro atoms. The summed E-state index contributed by atoms with van der Waals surface area (Å²) < 4.78 is 4.71. The molecule has 0 aliphatic rings. The predicted molar refractivity (Wildman–Crippen MR) is 63.1 cm³/mol. The van der Waals surface area contributed by atoms with Crippen LogP contribution in [0.15, 0.2) is 18.3 Å². The number of halogens is 2. The van der Waals surface area contributed by atoms with Gasteiger partial charge in [0.15, 0.2) is 0 Å². The smallest absolute Gasteiger partial charge is 0.332 e. The van der Waals surface area contributed by atoms with Crippen LogP contribution in [0, 0.1) is 0 Å². The van der Waals surface area contributed by atoms with Crippen LogP contribution in [0.25, 0.3) is 5.70 Å². The molecular formula is C10H10Cl2N2O2. The number of hydrogen-bond donors (Lipinski definition) is 1. The maximum Gasteiger partial charge on any atom is 0.332 e. The van der Waals surface area contributed by atoms with Crippen LogP contribution in [0.2, 0.25) is 10.2 Å². The van der Waals surface area contributed by atoms with Gasteiger partial charge in [0.25, 0.3) is 0 Å². The molecule has 0 aliphatic carbocycles. The second-order valence-corrected chi connectivity index (χ2v) is 3.61. The molecule has 0 atom stereocenters.